The molecule has 2 aromatic carbocycles. The Morgan fingerprint density at radius 2 is 1.80 bits per heavy atom. The number of benzene rings is 2. The summed E-state index contributed by atoms with van der Waals surface area (Å²) >= 11 is 5.83. The van der Waals surface area contributed by atoms with Crippen molar-refractivity contribution in [3.8, 4) is 11.5 Å². The smallest absolute Gasteiger partial charge is 0.339 e. The maximum Gasteiger partial charge on any atom is 0.339 e. The Hall–Kier alpha value is -2.00. The van der Waals surface area contributed by atoms with Gasteiger partial charge in [0.1, 0.15) is 17.1 Å². The molecule has 0 aliphatic carbocycles. The van der Waals surface area contributed by atoms with Crippen molar-refractivity contribution in [3.05, 3.63) is 57.6 Å². The minimum atomic E-state index is -1.07. The van der Waals surface area contributed by atoms with Crippen LogP contribution in [0.15, 0.2) is 30.3 Å². The van der Waals surface area contributed by atoms with E-state index in [-0.39, 0.29) is 11.3 Å². The van der Waals surface area contributed by atoms with E-state index in [0.717, 1.165) is 16.7 Å². The predicted octanol–water partition coefficient (Wildman–Crippen LogP) is 4.76. The molecule has 0 spiro atoms. The second-order valence-corrected chi connectivity index (χ2v) is 5.19. The minimum absolute atomic E-state index is 0.0519. The van der Waals surface area contributed by atoms with Gasteiger partial charge in [0.05, 0.1) is 0 Å². The van der Waals surface area contributed by atoms with Crippen LogP contribution in [0.1, 0.15) is 27.0 Å². The summed E-state index contributed by atoms with van der Waals surface area (Å²) < 4.78 is 5.78. The topological polar surface area (TPSA) is 46.5 Å². The minimum Gasteiger partial charge on any atom is -0.478 e. The lowest BCUT2D eigenvalue weighted by atomic mass is 10.1. The van der Waals surface area contributed by atoms with Crippen molar-refractivity contribution in [3.63, 3.8) is 0 Å². The summed E-state index contributed by atoms with van der Waals surface area (Å²) in [5, 5.41) is 9.58. The van der Waals surface area contributed by atoms with Gasteiger partial charge in [-0.1, -0.05) is 17.7 Å². The van der Waals surface area contributed by atoms with Crippen molar-refractivity contribution in [2.24, 2.45) is 0 Å². The Bertz CT molecular complexity index is 678. The first-order valence-corrected chi connectivity index (χ1v) is 6.55. The maximum absolute atomic E-state index is 11.2. The van der Waals surface area contributed by atoms with Crippen molar-refractivity contribution >= 4 is 17.6 Å². The van der Waals surface area contributed by atoms with Crippen LogP contribution in [0, 0.1) is 20.8 Å². The number of aryl methyl sites for hydroxylation is 2. The van der Waals surface area contributed by atoms with Crippen LogP contribution in [0.5, 0.6) is 11.5 Å². The molecule has 0 atom stereocenters. The van der Waals surface area contributed by atoms with Crippen LogP contribution in [-0.2, 0) is 0 Å². The van der Waals surface area contributed by atoms with Crippen LogP contribution < -0.4 is 4.74 Å². The highest BCUT2D eigenvalue weighted by atomic mass is 35.5. The van der Waals surface area contributed by atoms with Crippen molar-refractivity contribution in [2.45, 2.75) is 20.8 Å². The van der Waals surface area contributed by atoms with E-state index in [1.54, 1.807) is 12.1 Å². The Labute approximate surface area is 122 Å². The molecular formula is C16H15ClO3. The molecule has 0 saturated heterocycles. The Morgan fingerprint density at radius 3 is 2.45 bits per heavy atom. The summed E-state index contributed by atoms with van der Waals surface area (Å²) in [6.07, 6.45) is 0. The second-order valence-electron chi connectivity index (χ2n) is 4.75. The van der Waals surface area contributed by atoms with E-state index in [4.69, 9.17) is 16.3 Å². The normalized spacial score (nSPS) is 10.4. The third kappa shape index (κ3) is 2.94. The van der Waals surface area contributed by atoms with E-state index in [2.05, 4.69) is 6.07 Å². The lowest BCUT2D eigenvalue weighted by Crippen LogP contribution is -2.01. The Kier molecular flexibility index (Phi) is 4.00. The standard InChI is InChI=1S/C16H15ClO3/c1-9-6-10(2)11(3)15(7-9)20-14-5-4-12(17)8-13(14)16(18)19/h4-8H,1-3H3,(H,18,19). The van der Waals surface area contributed by atoms with Gasteiger partial charge in [0.15, 0.2) is 0 Å². The maximum atomic E-state index is 11.2. The van der Waals surface area contributed by atoms with Crippen LogP contribution in [0.2, 0.25) is 5.02 Å². The van der Waals surface area contributed by atoms with Gasteiger partial charge in [-0.25, -0.2) is 4.79 Å². The van der Waals surface area contributed by atoms with E-state index in [9.17, 15) is 9.90 Å². The van der Waals surface area contributed by atoms with Gasteiger partial charge in [0.2, 0.25) is 0 Å². The summed E-state index contributed by atoms with van der Waals surface area (Å²) in [4.78, 5) is 11.2. The molecule has 0 bridgehead atoms. The summed E-state index contributed by atoms with van der Waals surface area (Å²) in [7, 11) is 0. The van der Waals surface area contributed by atoms with Crippen LogP contribution in [0.3, 0.4) is 0 Å². The first kappa shape index (κ1) is 14.4. The monoisotopic (exact) mass is 290 g/mol. The zero-order valence-corrected chi connectivity index (χ0v) is 12.3. The third-order valence-corrected chi connectivity index (χ3v) is 3.39. The molecule has 0 radical (unpaired) electrons. The quantitative estimate of drug-likeness (QED) is 0.887. The SMILES string of the molecule is Cc1cc(C)c(C)c(Oc2ccc(Cl)cc2C(=O)O)c1. The highest BCUT2D eigenvalue weighted by molar-refractivity contribution is 6.31. The number of carboxylic acids is 1. The van der Waals surface area contributed by atoms with E-state index in [1.807, 2.05) is 26.8 Å². The summed E-state index contributed by atoms with van der Waals surface area (Å²) in [5.74, 6) is -0.119. The zero-order chi connectivity index (χ0) is 14.9. The fourth-order valence-electron chi connectivity index (χ4n) is 1.98. The number of aromatic carboxylic acids is 1. The van der Waals surface area contributed by atoms with Gasteiger partial charge in [0.25, 0.3) is 0 Å². The van der Waals surface area contributed by atoms with Crippen molar-refractivity contribution in [1.29, 1.82) is 0 Å². The molecule has 0 amide bonds. The number of ether oxygens (including phenoxy) is 1. The van der Waals surface area contributed by atoms with E-state index in [1.165, 1.54) is 6.07 Å². The van der Waals surface area contributed by atoms with Gasteiger partial charge in [-0.3, -0.25) is 0 Å². The molecule has 4 heteroatoms. The van der Waals surface area contributed by atoms with Gasteiger partial charge in [-0.2, -0.15) is 0 Å². The molecule has 0 fully saturated rings. The molecule has 0 aliphatic heterocycles. The Morgan fingerprint density at radius 1 is 1.10 bits per heavy atom. The van der Waals surface area contributed by atoms with E-state index in [0.29, 0.717) is 10.8 Å². The number of hydrogen-bond acceptors (Lipinski definition) is 2. The van der Waals surface area contributed by atoms with Gasteiger partial charge in [-0.15, -0.1) is 0 Å². The van der Waals surface area contributed by atoms with Crippen LogP contribution >= 0.6 is 11.6 Å². The number of carboxylic acid groups (broad SMARTS) is 1. The fourth-order valence-corrected chi connectivity index (χ4v) is 2.16. The second kappa shape index (κ2) is 5.55. The first-order valence-electron chi connectivity index (χ1n) is 6.17. The largest absolute Gasteiger partial charge is 0.478 e. The number of rotatable bonds is 3. The third-order valence-electron chi connectivity index (χ3n) is 3.16. The van der Waals surface area contributed by atoms with Crippen LogP contribution in [0.25, 0.3) is 0 Å². The summed E-state index contributed by atoms with van der Waals surface area (Å²) in [6, 6.07) is 8.52. The molecule has 2 aromatic rings. The molecule has 1 N–H and O–H groups in total. The molecule has 2 rings (SSSR count). The molecule has 0 unspecified atom stereocenters. The predicted molar refractivity (Wildman–Crippen MR) is 79.1 cm³/mol. The Balaban J connectivity index is 2.48. The summed E-state index contributed by atoms with van der Waals surface area (Å²) in [5.41, 5.74) is 3.21. The number of hydrogen-bond donors (Lipinski definition) is 1. The van der Waals surface area contributed by atoms with Crippen molar-refractivity contribution in [1.82, 2.24) is 0 Å². The molecule has 20 heavy (non-hydrogen) atoms. The molecule has 3 nitrogen and oxygen atoms in total. The van der Waals surface area contributed by atoms with Crippen LogP contribution in [-0.4, -0.2) is 11.1 Å². The van der Waals surface area contributed by atoms with E-state index >= 15 is 0 Å². The van der Waals surface area contributed by atoms with Gasteiger partial charge in [-0.05, 0) is 61.7 Å². The molecule has 0 aromatic heterocycles. The highest BCUT2D eigenvalue weighted by Crippen LogP contribution is 2.31. The fraction of sp³-hybridized carbons (Fsp3) is 0.188. The first-order chi connectivity index (χ1) is 9.38. The van der Waals surface area contributed by atoms with Gasteiger partial charge in [0, 0.05) is 5.02 Å². The molecule has 104 valence electrons. The molecule has 0 aliphatic rings. The van der Waals surface area contributed by atoms with E-state index < -0.39 is 5.97 Å². The number of halogens is 1. The zero-order valence-electron chi connectivity index (χ0n) is 11.5. The molecular weight excluding hydrogens is 276 g/mol. The van der Waals surface area contributed by atoms with Gasteiger partial charge >= 0.3 is 5.97 Å². The summed E-state index contributed by atoms with van der Waals surface area (Å²) in [6.45, 7) is 5.91. The average molecular weight is 291 g/mol. The number of carbonyl (C=O) groups is 1. The molecule has 0 saturated carbocycles. The van der Waals surface area contributed by atoms with Crippen molar-refractivity contribution < 1.29 is 14.6 Å². The highest BCUT2D eigenvalue weighted by Gasteiger charge is 2.14. The van der Waals surface area contributed by atoms with Crippen molar-refractivity contribution in [2.75, 3.05) is 0 Å². The lowest BCUT2D eigenvalue weighted by Gasteiger charge is -2.13. The van der Waals surface area contributed by atoms with Gasteiger partial charge < -0.3 is 9.84 Å². The molecule has 0 heterocycles. The van der Waals surface area contributed by atoms with Crippen LogP contribution in [0.4, 0.5) is 0 Å². The average Bonchev–Trinajstić information content (AvgIpc) is 2.37. The lowest BCUT2D eigenvalue weighted by molar-refractivity contribution is 0.0694.